The first-order valence-corrected chi connectivity index (χ1v) is 8.13. The van der Waals surface area contributed by atoms with Crippen LogP contribution in [0, 0.1) is 12.8 Å². The Labute approximate surface area is 123 Å². The molecule has 2 rings (SSSR count). The van der Waals surface area contributed by atoms with Gasteiger partial charge in [-0.1, -0.05) is 20.8 Å². The number of likely N-dealkylation sites (tertiary alicyclic amines) is 1. The zero-order valence-electron chi connectivity index (χ0n) is 13.5. The minimum atomic E-state index is 0.680. The van der Waals surface area contributed by atoms with Crippen molar-refractivity contribution in [3.63, 3.8) is 0 Å². The average molecular weight is 278 g/mol. The van der Waals surface area contributed by atoms with Crippen LogP contribution in [-0.4, -0.2) is 24.0 Å². The summed E-state index contributed by atoms with van der Waals surface area (Å²) in [5, 5.41) is 3.46. The molecule has 1 aliphatic rings. The van der Waals surface area contributed by atoms with Gasteiger partial charge >= 0.3 is 0 Å². The Kier molecular flexibility index (Phi) is 5.67. The van der Waals surface area contributed by atoms with Crippen LogP contribution in [0.5, 0.6) is 0 Å². The molecule has 1 atom stereocenters. The molecule has 0 spiro atoms. The van der Waals surface area contributed by atoms with E-state index in [-0.39, 0.29) is 0 Å². The van der Waals surface area contributed by atoms with Crippen molar-refractivity contribution in [2.75, 3.05) is 13.1 Å². The van der Waals surface area contributed by atoms with Gasteiger partial charge in [-0.2, -0.15) is 0 Å². The van der Waals surface area contributed by atoms with Gasteiger partial charge in [0.1, 0.15) is 11.5 Å². The van der Waals surface area contributed by atoms with Crippen LogP contribution >= 0.6 is 0 Å². The molecule has 0 radical (unpaired) electrons. The second-order valence-electron chi connectivity index (χ2n) is 6.52. The summed E-state index contributed by atoms with van der Waals surface area (Å²) >= 11 is 0. The van der Waals surface area contributed by atoms with Crippen molar-refractivity contribution < 1.29 is 4.42 Å². The van der Waals surface area contributed by atoms with E-state index in [4.69, 9.17) is 4.42 Å². The van der Waals surface area contributed by atoms with E-state index in [9.17, 15) is 0 Å². The molecular weight excluding hydrogens is 248 g/mol. The van der Waals surface area contributed by atoms with Crippen LogP contribution in [0.4, 0.5) is 0 Å². The molecule has 0 saturated carbocycles. The van der Waals surface area contributed by atoms with E-state index in [1.807, 2.05) is 0 Å². The van der Waals surface area contributed by atoms with Crippen LogP contribution in [-0.2, 0) is 13.1 Å². The van der Waals surface area contributed by atoms with Crippen molar-refractivity contribution in [1.82, 2.24) is 10.2 Å². The number of nitrogens with zero attached hydrogens (tertiary/aromatic N) is 1. The number of aryl methyl sites for hydroxylation is 1. The molecule has 3 heteroatoms. The minimum absolute atomic E-state index is 0.680. The van der Waals surface area contributed by atoms with E-state index in [1.165, 1.54) is 31.4 Å². The predicted molar refractivity (Wildman–Crippen MR) is 83.7 cm³/mol. The average Bonchev–Trinajstić information content (AvgIpc) is 2.97. The smallest absolute Gasteiger partial charge is 0.120 e. The number of hydrogen-bond donors (Lipinski definition) is 1. The molecule has 1 aromatic heterocycles. The highest BCUT2D eigenvalue weighted by Crippen LogP contribution is 2.24. The topological polar surface area (TPSA) is 28.4 Å². The molecule has 114 valence electrons. The first-order chi connectivity index (χ1) is 9.60. The molecule has 1 aliphatic heterocycles. The fourth-order valence-electron chi connectivity index (χ4n) is 3.08. The van der Waals surface area contributed by atoms with Gasteiger partial charge in [0.15, 0.2) is 0 Å². The van der Waals surface area contributed by atoms with Gasteiger partial charge in [0, 0.05) is 6.04 Å². The minimum Gasteiger partial charge on any atom is -0.463 e. The predicted octanol–water partition coefficient (Wildman–Crippen LogP) is 3.71. The highest BCUT2D eigenvalue weighted by Gasteiger charge is 2.23. The monoisotopic (exact) mass is 278 g/mol. The Morgan fingerprint density at radius 3 is 2.95 bits per heavy atom. The van der Waals surface area contributed by atoms with Crippen molar-refractivity contribution in [1.29, 1.82) is 0 Å². The third-order valence-corrected chi connectivity index (χ3v) is 4.24. The SMILES string of the molecule is CCC1CCCN1Cc1cc(C)c(CNCC(C)C)o1. The van der Waals surface area contributed by atoms with E-state index in [2.05, 4.69) is 44.0 Å². The molecule has 1 saturated heterocycles. The number of rotatable bonds is 7. The van der Waals surface area contributed by atoms with Gasteiger partial charge in [-0.05, 0) is 56.8 Å². The molecule has 0 aliphatic carbocycles. The zero-order valence-corrected chi connectivity index (χ0v) is 13.5. The van der Waals surface area contributed by atoms with E-state index >= 15 is 0 Å². The first kappa shape index (κ1) is 15.6. The van der Waals surface area contributed by atoms with Crippen LogP contribution in [0.25, 0.3) is 0 Å². The molecule has 0 aromatic carbocycles. The summed E-state index contributed by atoms with van der Waals surface area (Å²) in [6, 6.07) is 2.97. The summed E-state index contributed by atoms with van der Waals surface area (Å²) in [7, 11) is 0. The Hall–Kier alpha value is -0.800. The Morgan fingerprint density at radius 2 is 2.25 bits per heavy atom. The largest absolute Gasteiger partial charge is 0.463 e. The lowest BCUT2D eigenvalue weighted by atomic mass is 10.1. The van der Waals surface area contributed by atoms with Crippen molar-refractivity contribution in [3.8, 4) is 0 Å². The summed E-state index contributed by atoms with van der Waals surface area (Å²) in [6.45, 7) is 13.0. The Morgan fingerprint density at radius 1 is 1.45 bits per heavy atom. The highest BCUT2D eigenvalue weighted by molar-refractivity contribution is 5.20. The molecule has 1 unspecified atom stereocenters. The number of hydrogen-bond acceptors (Lipinski definition) is 3. The van der Waals surface area contributed by atoms with E-state index in [0.717, 1.165) is 37.2 Å². The zero-order chi connectivity index (χ0) is 14.5. The van der Waals surface area contributed by atoms with E-state index < -0.39 is 0 Å². The van der Waals surface area contributed by atoms with Crippen molar-refractivity contribution in [2.24, 2.45) is 5.92 Å². The maximum Gasteiger partial charge on any atom is 0.120 e. The number of nitrogens with one attached hydrogen (secondary N) is 1. The highest BCUT2D eigenvalue weighted by atomic mass is 16.3. The van der Waals surface area contributed by atoms with Crippen molar-refractivity contribution in [2.45, 2.75) is 66.1 Å². The van der Waals surface area contributed by atoms with Crippen LogP contribution in [0.3, 0.4) is 0 Å². The molecule has 2 heterocycles. The maximum absolute atomic E-state index is 6.05. The van der Waals surface area contributed by atoms with Gasteiger partial charge in [0.25, 0.3) is 0 Å². The molecule has 0 amide bonds. The quantitative estimate of drug-likeness (QED) is 0.824. The first-order valence-electron chi connectivity index (χ1n) is 8.13. The van der Waals surface area contributed by atoms with Gasteiger partial charge in [-0.3, -0.25) is 4.90 Å². The third kappa shape index (κ3) is 4.10. The summed E-state index contributed by atoms with van der Waals surface area (Å²) in [4.78, 5) is 2.57. The Balaban J connectivity index is 1.89. The number of furan rings is 1. The molecular formula is C17H30N2O. The van der Waals surface area contributed by atoms with Crippen molar-refractivity contribution >= 4 is 0 Å². The van der Waals surface area contributed by atoms with Crippen molar-refractivity contribution in [3.05, 3.63) is 23.2 Å². The van der Waals surface area contributed by atoms with Crippen LogP contribution in [0.2, 0.25) is 0 Å². The second kappa shape index (κ2) is 7.28. The summed E-state index contributed by atoms with van der Waals surface area (Å²) < 4.78 is 6.05. The molecule has 20 heavy (non-hydrogen) atoms. The van der Waals surface area contributed by atoms with Crippen LogP contribution in [0.15, 0.2) is 10.5 Å². The summed E-state index contributed by atoms with van der Waals surface area (Å²) in [5.41, 5.74) is 1.28. The molecule has 1 N–H and O–H groups in total. The fraction of sp³-hybridized carbons (Fsp3) is 0.765. The molecule has 0 bridgehead atoms. The van der Waals surface area contributed by atoms with Gasteiger partial charge in [-0.25, -0.2) is 0 Å². The van der Waals surface area contributed by atoms with E-state index in [1.54, 1.807) is 0 Å². The lowest BCUT2D eigenvalue weighted by Gasteiger charge is -2.21. The van der Waals surface area contributed by atoms with Gasteiger partial charge in [-0.15, -0.1) is 0 Å². The fourth-order valence-corrected chi connectivity index (χ4v) is 3.08. The lowest BCUT2D eigenvalue weighted by molar-refractivity contribution is 0.219. The molecule has 1 aromatic rings. The van der Waals surface area contributed by atoms with Crippen LogP contribution in [0.1, 0.15) is 57.1 Å². The molecule has 1 fully saturated rings. The summed E-state index contributed by atoms with van der Waals surface area (Å²) in [6.07, 6.45) is 3.93. The van der Waals surface area contributed by atoms with Gasteiger partial charge in [0.2, 0.25) is 0 Å². The second-order valence-corrected chi connectivity index (χ2v) is 6.52. The normalized spacial score (nSPS) is 20.1. The van der Waals surface area contributed by atoms with Crippen LogP contribution < -0.4 is 5.32 Å². The Bertz CT molecular complexity index is 411. The standard InChI is InChI=1S/C17H30N2O/c1-5-15-7-6-8-19(15)12-16-9-14(4)17(20-16)11-18-10-13(2)3/h9,13,15,18H,5-8,10-12H2,1-4H3. The van der Waals surface area contributed by atoms with Gasteiger partial charge in [0.05, 0.1) is 13.1 Å². The van der Waals surface area contributed by atoms with E-state index in [0.29, 0.717) is 5.92 Å². The third-order valence-electron chi connectivity index (χ3n) is 4.24. The maximum atomic E-state index is 6.05. The molecule has 3 nitrogen and oxygen atoms in total. The lowest BCUT2D eigenvalue weighted by Crippen LogP contribution is -2.27. The van der Waals surface area contributed by atoms with Gasteiger partial charge < -0.3 is 9.73 Å². The summed E-state index contributed by atoms with van der Waals surface area (Å²) in [5.74, 6) is 2.91.